The second-order valence-electron chi connectivity index (χ2n) is 6.13. The molecule has 5 rings (SSSR count). The van der Waals surface area contributed by atoms with Crippen molar-refractivity contribution in [2.75, 3.05) is 6.79 Å². The van der Waals surface area contributed by atoms with Crippen LogP contribution in [-0.2, 0) is 0 Å². The van der Waals surface area contributed by atoms with Crippen molar-refractivity contribution in [1.82, 2.24) is 4.57 Å². The Morgan fingerprint density at radius 1 is 0.957 bits per heavy atom. The second kappa shape index (κ2) is 4.92. The minimum atomic E-state index is 0.298. The van der Waals surface area contributed by atoms with E-state index in [9.17, 15) is 0 Å². The first-order chi connectivity index (χ1) is 11.4. The van der Waals surface area contributed by atoms with Crippen molar-refractivity contribution < 1.29 is 9.47 Å². The van der Waals surface area contributed by atoms with Gasteiger partial charge >= 0.3 is 0 Å². The molecule has 2 aromatic carbocycles. The summed E-state index contributed by atoms with van der Waals surface area (Å²) in [6.45, 7) is 0.298. The molecular weight excluding hydrogens is 286 g/mol. The molecule has 113 valence electrons. The first-order valence-electron chi connectivity index (χ1n) is 7.97. The number of rotatable bonds is 3. The number of fused-ring (bicyclic) bond motifs is 1. The summed E-state index contributed by atoms with van der Waals surface area (Å²) >= 11 is 0. The summed E-state index contributed by atoms with van der Waals surface area (Å²) in [5, 5.41) is 0. The number of hydrogen-bond donors (Lipinski definition) is 0. The van der Waals surface area contributed by atoms with Crippen molar-refractivity contribution in [2.24, 2.45) is 0 Å². The third-order valence-corrected chi connectivity index (χ3v) is 4.57. The molecule has 3 aromatic rings. The van der Waals surface area contributed by atoms with Crippen LogP contribution in [0.1, 0.15) is 24.3 Å². The molecule has 0 saturated heterocycles. The molecule has 23 heavy (non-hydrogen) atoms. The van der Waals surface area contributed by atoms with Crippen LogP contribution in [0.2, 0.25) is 0 Å². The molecule has 0 N–H and O–H groups in total. The smallest absolute Gasteiger partial charge is 0.231 e. The topological polar surface area (TPSA) is 23.4 Å². The van der Waals surface area contributed by atoms with Crippen LogP contribution < -0.4 is 9.47 Å². The van der Waals surface area contributed by atoms with E-state index in [0.29, 0.717) is 6.79 Å². The van der Waals surface area contributed by atoms with E-state index < -0.39 is 0 Å². The van der Waals surface area contributed by atoms with Crippen molar-refractivity contribution in [2.45, 2.75) is 18.8 Å². The van der Waals surface area contributed by atoms with Gasteiger partial charge in [-0.05, 0) is 48.1 Å². The normalized spacial score (nSPS) is 15.8. The summed E-state index contributed by atoms with van der Waals surface area (Å²) in [5.74, 6) is 2.39. The lowest BCUT2D eigenvalue weighted by molar-refractivity contribution is 0.174. The van der Waals surface area contributed by atoms with Gasteiger partial charge in [-0.2, -0.15) is 0 Å². The highest BCUT2D eigenvalue weighted by molar-refractivity contribution is 5.64. The highest BCUT2D eigenvalue weighted by atomic mass is 16.7. The predicted molar refractivity (Wildman–Crippen MR) is 88.1 cm³/mol. The summed E-state index contributed by atoms with van der Waals surface area (Å²) in [5.41, 5.74) is 4.84. The van der Waals surface area contributed by atoms with Gasteiger partial charge in [0, 0.05) is 24.0 Å². The molecule has 1 aliphatic carbocycles. The quantitative estimate of drug-likeness (QED) is 0.708. The molecule has 0 bridgehead atoms. The van der Waals surface area contributed by atoms with Crippen LogP contribution in [0.3, 0.4) is 0 Å². The van der Waals surface area contributed by atoms with Gasteiger partial charge in [0.2, 0.25) is 6.79 Å². The number of aromatic nitrogens is 1. The fourth-order valence-corrected chi connectivity index (χ4v) is 3.14. The standard InChI is InChI=1S/C20H16NO2/c1-2-18(16-7-5-15(6-8-16)14-3-4-14)21(11-1)17-9-10-19-20(12-17)23-13-22-19/h2,5-12,14H,3-4,13H2. The van der Waals surface area contributed by atoms with Crippen LogP contribution in [0.15, 0.2) is 54.7 Å². The maximum absolute atomic E-state index is 5.49. The van der Waals surface area contributed by atoms with Gasteiger partial charge in [0.1, 0.15) is 0 Å². The van der Waals surface area contributed by atoms with Gasteiger partial charge in [-0.3, -0.25) is 0 Å². The van der Waals surface area contributed by atoms with Gasteiger partial charge < -0.3 is 14.0 Å². The Morgan fingerprint density at radius 2 is 1.78 bits per heavy atom. The molecule has 2 aliphatic rings. The molecule has 1 fully saturated rings. The summed E-state index contributed by atoms with van der Waals surface area (Å²) in [7, 11) is 0. The Labute approximate surface area is 135 Å². The fourth-order valence-electron chi connectivity index (χ4n) is 3.14. The van der Waals surface area contributed by atoms with Gasteiger partial charge in [0.05, 0.1) is 5.69 Å². The monoisotopic (exact) mass is 302 g/mol. The molecule has 1 radical (unpaired) electrons. The molecule has 1 saturated carbocycles. The first kappa shape index (κ1) is 12.8. The first-order valence-corrected chi connectivity index (χ1v) is 7.97. The Hall–Kier alpha value is -2.68. The molecular formula is C20H16NO2. The van der Waals surface area contributed by atoms with Gasteiger partial charge in [-0.25, -0.2) is 0 Å². The van der Waals surface area contributed by atoms with Crippen LogP contribution in [0.4, 0.5) is 0 Å². The maximum atomic E-state index is 5.49. The van der Waals surface area contributed by atoms with Crippen molar-refractivity contribution >= 4 is 0 Å². The van der Waals surface area contributed by atoms with E-state index in [1.807, 2.05) is 30.5 Å². The third kappa shape index (κ3) is 2.20. The molecule has 1 aromatic heterocycles. The van der Waals surface area contributed by atoms with E-state index in [1.54, 1.807) is 0 Å². The van der Waals surface area contributed by atoms with Crippen molar-refractivity contribution in [1.29, 1.82) is 0 Å². The largest absolute Gasteiger partial charge is 0.454 e. The van der Waals surface area contributed by atoms with Crippen molar-refractivity contribution in [3.63, 3.8) is 0 Å². The van der Waals surface area contributed by atoms with Crippen LogP contribution in [0, 0.1) is 6.07 Å². The Kier molecular flexibility index (Phi) is 2.74. The maximum Gasteiger partial charge on any atom is 0.231 e. The van der Waals surface area contributed by atoms with Gasteiger partial charge in [0.15, 0.2) is 11.5 Å². The summed E-state index contributed by atoms with van der Waals surface area (Å²) in [6.07, 6.45) is 4.63. The van der Waals surface area contributed by atoms with E-state index >= 15 is 0 Å². The van der Waals surface area contributed by atoms with Crippen molar-refractivity contribution in [3.05, 3.63) is 66.4 Å². The number of benzene rings is 2. The highest BCUT2D eigenvalue weighted by Crippen LogP contribution is 2.40. The van der Waals surface area contributed by atoms with Gasteiger partial charge in [-0.1, -0.05) is 24.3 Å². The van der Waals surface area contributed by atoms with Crippen LogP contribution in [0.25, 0.3) is 16.9 Å². The lowest BCUT2D eigenvalue weighted by atomic mass is 10.1. The lowest BCUT2D eigenvalue weighted by Crippen LogP contribution is -1.95. The van der Waals surface area contributed by atoms with Crippen LogP contribution in [-0.4, -0.2) is 11.4 Å². The zero-order valence-corrected chi connectivity index (χ0v) is 12.7. The minimum Gasteiger partial charge on any atom is -0.454 e. The number of nitrogens with zero attached hydrogens (tertiary/aromatic N) is 1. The molecule has 0 atom stereocenters. The minimum absolute atomic E-state index is 0.298. The van der Waals surface area contributed by atoms with E-state index in [4.69, 9.17) is 9.47 Å². The Balaban J connectivity index is 1.54. The average molecular weight is 302 g/mol. The summed E-state index contributed by atoms with van der Waals surface area (Å²) in [4.78, 5) is 0. The lowest BCUT2D eigenvalue weighted by Gasteiger charge is -2.11. The molecule has 0 amide bonds. The van der Waals surface area contributed by atoms with Gasteiger partial charge in [0.25, 0.3) is 0 Å². The van der Waals surface area contributed by atoms with E-state index in [0.717, 1.165) is 28.8 Å². The molecule has 3 nitrogen and oxygen atoms in total. The van der Waals surface area contributed by atoms with E-state index in [2.05, 4.69) is 34.9 Å². The van der Waals surface area contributed by atoms with Crippen LogP contribution in [0.5, 0.6) is 11.5 Å². The highest BCUT2D eigenvalue weighted by Gasteiger charge is 2.23. The molecule has 2 heterocycles. The fraction of sp³-hybridized carbons (Fsp3) is 0.200. The molecule has 3 heteroatoms. The zero-order valence-electron chi connectivity index (χ0n) is 12.7. The van der Waals surface area contributed by atoms with E-state index in [-0.39, 0.29) is 0 Å². The molecule has 0 unspecified atom stereocenters. The second-order valence-corrected chi connectivity index (χ2v) is 6.13. The SMILES string of the molecule is [c]1cc(-c2ccc(C3CC3)cc2)n(-c2ccc3c(c2)OCO3)c1. The average Bonchev–Trinajstić information content (AvgIpc) is 3.14. The zero-order chi connectivity index (χ0) is 15.2. The molecule has 1 aliphatic heterocycles. The summed E-state index contributed by atoms with van der Waals surface area (Å²) in [6, 6.07) is 20.2. The van der Waals surface area contributed by atoms with E-state index in [1.165, 1.54) is 24.0 Å². The summed E-state index contributed by atoms with van der Waals surface area (Å²) < 4.78 is 13.0. The Morgan fingerprint density at radius 3 is 2.61 bits per heavy atom. The van der Waals surface area contributed by atoms with Gasteiger partial charge in [-0.15, -0.1) is 0 Å². The predicted octanol–water partition coefficient (Wildman–Crippen LogP) is 4.55. The third-order valence-electron chi connectivity index (χ3n) is 4.57. The number of ether oxygens (including phenoxy) is 2. The van der Waals surface area contributed by atoms with Crippen LogP contribution >= 0.6 is 0 Å². The molecule has 0 spiro atoms. The number of hydrogen-bond acceptors (Lipinski definition) is 2. The Bertz CT molecular complexity index is 860. The van der Waals surface area contributed by atoms with Crippen molar-refractivity contribution in [3.8, 4) is 28.4 Å².